The molecule has 0 aromatic heterocycles. The molecule has 1 saturated heterocycles. The molecule has 1 rings (SSSR count). The van der Waals surface area contributed by atoms with Gasteiger partial charge in [-0.15, -0.1) is 0 Å². The lowest BCUT2D eigenvalue weighted by atomic mass is 10.1. The number of nitrogens with zero attached hydrogens (tertiary/aromatic N) is 1. The molecular weight excluding hydrogens is 180 g/mol. The standard InChI is InChI=1S/C10H20N2O2/c1-7(2)6-12(3)10(14)9-4-8(13)5-11-9/h7-9,11,13H,4-6H2,1-3H3. The molecule has 0 aliphatic carbocycles. The van der Waals surface area contributed by atoms with E-state index in [-0.39, 0.29) is 18.1 Å². The first-order valence-corrected chi connectivity index (χ1v) is 5.17. The minimum absolute atomic E-state index is 0.0928. The van der Waals surface area contributed by atoms with Crippen molar-refractivity contribution >= 4 is 5.91 Å². The molecule has 2 N–H and O–H groups in total. The van der Waals surface area contributed by atoms with Crippen LogP contribution >= 0.6 is 0 Å². The van der Waals surface area contributed by atoms with Crippen LogP contribution in [-0.2, 0) is 4.79 Å². The summed E-state index contributed by atoms with van der Waals surface area (Å²) in [5.41, 5.74) is 0. The van der Waals surface area contributed by atoms with Crippen molar-refractivity contribution in [3.05, 3.63) is 0 Å². The molecule has 1 amide bonds. The second-order valence-electron chi connectivity index (χ2n) is 4.46. The van der Waals surface area contributed by atoms with Crippen LogP contribution in [-0.4, -0.2) is 48.2 Å². The number of nitrogens with one attached hydrogen (secondary N) is 1. The van der Waals surface area contributed by atoms with Crippen molar-refractivity contribution < 1.29 is 9.90 Å². The number of rotatable bonds is 3. The summed E-state index contributed by atoms with van der Waals surface area (Å²) in [5.74, 6) is 0.575. The first kappa shape index (κ1) is 11.5. The van der Waals surface area contributed by atoms with Crippen molar-refractivity contribution in [1.82, 2.24) is 10.2 Å². The van der Waals surface area contributed by atoms with Gasteiger partial charge in [-0.1, -0.05) is 13.8 Å². The Bertz CT molecular complexity index is 206. The first-order valence-electron chi connectivity index (χ1n) is 5.17. The molecule has 4 nitrogen and oxygen atoms in total. The number of β-amino-alcohol motifs (C(OH)–C–C–N with tert-alkyl or cyclic N) is 1. The smallest absolute Gasteiger partial charge is 0.239 e. The molecule has 0 aromatic carbocycles. The van der Waals surface area contributed by atoms with E-state index in [0.717, 1.165) is 6.54 Å². The molecule has 1 fully saturated rings. The summed E-state index contributed by atoms with van der Waals surface area (Å²) in [5, 5.41) is 12.3. The zero-order valence-electron chi connectivity index (χ0n) is 9.16. The Morgan fingerprint density at radius 1 is 1.64 bits per heavy atom. The maximum Gasteiger partial charge on any atom is 0.239 e. The number of hydrogen-bond donors (Lipinski definition) is 2. The highest BCUT2D eigenvalue weighted by molar-refractivity contribution is 5.82. The van der Waals surface area contributed by atoms with E-state index in [4.69, 9.17) is 0 Å². The van der Waals surface area contributed by atoms with Gasteiger partial charge in [-0.05, 0) is 12.3 Å². The molecule has 0 radical (unpaired) electrons. The Morgan fingerprint density at radius 3 is 2.71 bits per heavy atom. The van der Waals surface area contributed by atoms with Crippen LogP contribution in [0.4, 0.5) is 0 Å². The van der Waals surface area contributed by atoms with Crippen LogP contribution in [0.15, 0.2) is 0 Å². The van der Waals surface area contributed by atoms with E-state index in [1.54, 1.807) is 4.90 Å². The van der Waals surface area contributed by atoms with Crippen molar-refractivity contribution in [2.24, 2.45) is 5.92 Å². The predicted octanol–water partition coefficient (Wildman–Crippen LogP) is -0.176. The van der Waals surface area contributed by atoms with Gasteiger partial charge in [0, 0.05) is 20.1 Å². The van der Waals surface area contributed by atoms with Crippen molar-refractivity contribution in [3.63, 3.8) is 0 Å². The molecule has 0 bridgehead atoms. The molecular formula is C10H20N2O2. The molecule has 2 unspecified atom stereocenters. The maximum atomic E-state index is 11.8. The van der Waals surface area contributed by atoms with E-state index < -0.39 is 0 Å². The molecule has 14 heavy (non-hydrogen) atoms. The monoisotopic (exact) mass is 200 g/mol. The molecule has 2 atom stereocenters. The lowest BCUT2D eigenvalue weighted by Crippen LogP contribution is -2.42. The average molecular weight is 200 g/mol. The van der Waals surface area contributed by atoms with Gasteiger partial charge in [0.25, 0.3) is 0 Å². The first-order chi connectivity index (χ1) is 6.50. The summed E-state index contributed by atoms with van der Waals surface area (Å²) >= 11 is 0. The summed E-state index contributed by atoms with van der Waals surface area (Å²) < 4.78 is 0. The van der Waals surface area contributed by atoms with E-state index in [1.807, 2.05) is 7.05 Å². The minimum atomic E-state index is -0.364. The number of likely N-dealkylation sites (N-methyl/N-ethyl adjacent to an activating group) is 1. The quantitative estimate of drug-likeness (QED) is 0.664. The fourth-order valence-corrected chi connectivity index (χ4v) is 1.81. The topological polar surface area (TPSA) is 52.6 Å². The zero-order chi connectivity index (χ0) is 10.7. The van der Waals surface area contributed by atoms with Gasteiger partial charge < -0.3 is 15.3 Å². The van der Waals surface area contributed by atoms with Gasteiger partial charge in [0.05, 0.1) is 12.1 Å². The Labute approximate surface area is 85.3 Å². The van der Waals surface area contributed by atoms with Gasteiger partial charge in [0.2, 0.25) is 5.91 Å². The minimum Gasteiger partial charge on any atom is -0.392 e. The van der Waals surface area contributed by atoms with Crippen molar-refractivity contribution in [1.29, 1.82) is 0 Å². The third kappa shape index (κ3) is 2.96. The van der Waals surface area contributed by atoms with E-state index in [0.29, 0.717) is 18.9 Å². The number of amides is 1. The lowest BCUT2D eigenvalue weighted by Gasteiger charge is -2.22. The van der Waals surface area contributed by atoms with Crippen LogP contribution in [0.5, 0.6) is 0 Å². The number of carbonyl (C=O) groups is 1. The molecule has 1 aliphatic rings. The molecule has 82 valence electrons. The number of aliphatic hydroxyl groups is 1. The van der Waals surface area contributed by atoms with Crippen LogP contribution < -0.4 is 5.32 Å². The number of hydrogen-bond acceptors (Lipinski definition) is 3. The fraction of sp³-hybridized carbons (Fsp3) is 0.900. The molecule has 4 heteroatoms. The summed E-state index contributed by atoms with van der Waals surface area (Å²) in [6.45, 7) is 5.47. The fourth-order valence-electron chi connectivity index (χ4n) is 1.81. The van der Waals surface area contributed by atoms with Crippen molar-refractivity contribution in [2.45, 2.75) is 32.4 Å². The van der Waals surface area contributed by atoms with Crippen LogP contribution in [0.25, 0.3) is 0 Å². The Kier molecular flexibility index (Phi) is 3.89. The van der Waals surface area contributed by atoms with Crippen LogP contribution in [0.3, 0.4) is 0 Å². The third-order valence-corrected chi connectivity index (χ3v) is 2.42. The van der Waals surface area contributed by atoms with Gasteiger partial charge in [0.15, 0.2) is 0 Å². The highest BCUT2D eigenvalue weighted by atomic mass is 16.3. The van der Waals surface area contributed by atoms with Crippen LogP contribution in [0.2, 0.25) is 0 Å². The van der Waals surface area contributed by atoms with Gasteiger partial charge in [0.1, 0.15) is 0 Å². The molecule has 0 saturated carbocycles. The van der Waals surface area contributed by atoms with Gasteiger partial charge >= 0.3 is 0 Å². The van der Waals surface area contributed by atoms with Gasteiger partial charge in [-0.3, -0.25) is 4.79 Å². The van der Waals surface area contributed by atoms with E-state index in [9.17, 15) is 9.90 Å². The Morgan fingerprint density at radius 2 is 2.29 bits per heavy atom. The van der Waals surface area contributed by atoms with Crippen molar-refractivity contribution in [2.75, 3.05) is 20.1 Å². The maximum absolute atomic E-state index is 11.8. The molecule has 1 aliphatic heterocycles. The highest BCUT2D eigenvalue weighted by Crippen LogP contribution is 2.09. The normalized spacial score (nSPS) is 26.9. The Balaban J connectivity index is 2.40. The second-order valence-corrected chi connectivity index (χ2v) is 4.46. The van der Waals surface area contributed by atoms with E-state index >= 15 is 0 Å². The van der Waals surface area contributed by atoms with Crippen LogP contribution in [0.1, 0.15) is 20.3 Å². The van der Waals surface area contributed by atoms with E-state index in [2.05, 4.69) is 19.2 Å². The average Bonchev–Trinajstić information content (AvgIpc) is 2.49. The lowest BCUT2D eigenvalue weighted by molar-refractivity contribution is -0.132. The Hall–Kier alpha value is -0.610. The van der Waals surface area contributed by atoms with E-state index in [1.165, 1.54) is 0 Å². The SMILES string of the molecule is CC(C)CN(C)C(=O)C1CC(O)CN1. The third-order valence-electron chi connectivity index (χ3n) is 2.42. The second kappa shape index (κ2) is 4.75. The van der Waals surface area contributed by atoms with Crippen molar-refractivity contribution in [3.8, 4) is 0 Å². The highest BCUT2D eigenvalue weighted by Gasteiger charge is 2.29. The van der Waals surface area contributed by atoms with Crippen LogP contribution in [0, 0.1) is 5.92 Å². The summed E-state index contributed by atoms with van der Waals surface area (Å²) in [4.78, 5) is 13.5. The molecule has 1 heterocycles. The summed E-state index contributed by atoms with van der Waals surface area (Å²) in [6, 6.07) is -0.186. The van der Waals surface area contributed by atoms with Gasteiger partial charge in [-0.25, -0.2) is 0 Å². The zero-order valence-corrected chi connectivity index (χ0v) is 9.16. The summed E-state index contributed by atoms with van der Waals surface area (Å²) in [7, 11) is 1.81. The largest absolute Gasteiger partial charge is 0.392 e. The predicted molar refractivity (Wildman–Crippen MR) is 54.9 cm³/mol. The molecule has 0 spiro atoms. The summed E-state index contributed by atoms with van der Waals surface area (Å²) in [6.07, 6.45) is 0.178. The van der Waals surface area contributed by atoms with Gasteiger partial charge in [-0.2, -0.15) is 0 Å². The number of carbonyl (C=O) groups excluding carboxylic acids is 1. The number of aliphatic hydroxyl groups excluding tert-OH is 1. The molecule has 0 aromatic rings.